The zero-order valence-electron chi connectivity index (χ0n) is 17.1. The van der Waals surface area contributed by atoms with E-state index in [1.165, 1.54) is 5.56 Å². The first-order valence-corrected chi connectivity index (χ1v) is 9.84. The van der Waals surface area contributed by atoms with Gasteiger partial charge in [-0.2, -0.15) is 0 Å². The highest BCUT2D eigenvalue weighted by Gasteiger charge is 2.54. The van der Waals surface area contributed by atoms with Crippen LogP contribution in [0.25, 0.3) is 0 Å². The van der Waals surface area contributed by atoms with Gasteiger partial charge >= 0.3 is 6.03 Å². The zero-order valence-corrected chi connectivity index (χ0v) is 17.1. The normalized spacial score (nSPS) is 18.8. The number of aryl methyl sites for hydroxylation is 2. The Bertz CT molecular complexity index is 782. The van der Waals surface area contributed by atoms with Crippen molar-refractivity contribution in [2.45, 2.75) is 46.1 Å². The molecule has 1 aromatic carbocycles. The summed E-state index contributed by atoms with van der Waals surface area (Å²) in [6, 6.07) is 5.43. The van der Waals surface area contributed by atoms with E-state index in [0.29, 0.717) is 38.2 Å². The van der Waals surface area contributed by atoms with Crippen molar-refractivity contribution in [2.24, 2.45) is 5.92 Å². The minimum Gasteiger partial charge on any atom is -0.484 e. The summed E-state index contributed by atoms with van der Waals surface area (Å²) in [4.78, 5) is 40.6. The van der Waals surface area contributed by atoms with Gasteiger partial charge in [0.05, 0.1) is 0 Å². The van der Waals surface area contributed by atoms with E-state index >= 15 is 0 Å². The molecule has 1 spiro atoms. The van der Waals surface area contributed by atoms with Crippen molar-refractivity contribution in [3.8, 4) is 5.75 Å². The Labute approximate surface area is 166 Å². The zero-order chi connectivity index (χ0) is 20.5. The van der Waals surface area contributed by atoms with Gasteiger partial charge in [0, 0.05) is 19.6 Å². The van der Waals surface area contributed by atoms with Gasteiger partial charge < -0.3 is 14.5 Å². The third-order valence-corrected chi connectivity index (χ3v) is 5.74. The van der Waals surface area contributed by atoms with Crippen LogP contribution < -0.4 is 10.1 Å². The molecule has 0 aromatic heterocycles. The number of imide groups is 1. The van der Waals surface area contributed by atoms with Crippen LogP contribution in [0.1, 0.15) is 37.8 Å². The van der Waals surface area contributed by atoms with Crippen LogP contribution in [-0.4, -0.2) is 59.4 Å². The van der Waals surface area contributed by atoms with Gasteiger partial charge in [0.2, 0.25) is 0 Å². The molecule has 0 saturated carbocycles. The number of ether oxygens (including phenoxy) is 1. The molecular weight excluding hydrogens is 358 g/mol. The van der Waals surface area contributed by atoms with E-state index in [-0.39, 0.29) is 30.4 Å². The number of urea groups is 1. The summed E-state index contributed by atoms with van der Waals surface area (Å²) in [5.74, 6) is 0.596. The fraction of sp³-hybridized carbons (Fsp3) is 0.571. The lowest BCUT2D eigenvalue weighted by molar-refractivity contribution is -0.139. The number of amides is 4. The lowest BCUT2D eigenvalue weighted by Gasteiger charge is -2.42. The maximum atomic E-state index is 12.6. The number of hydrogen-bond acceptors (Lipinski definition) is 4. The van der Waals surface area contributed by atoms with Crippen LogP contribution in [0.4, 0.5) is 4.79 Å². The second kappa shape index (κ2) is 7.81. The third kappa shape index (κ3) is 3.84. The van der Waals surface area contributed by atoms with Gasteiger partial charge in [-0.25, -0.2) is 4.79 Å². The summed E-state index contributed by atoms with van der Waals surface area (Å²) < 4.78 is 5.65. The van der Waals surface area contributed by atoms with E-state index in [0.717, 1.165) is 5.56 Å². The molecular formula is C21H29N3O4. The molecule has 0 aliphatic carbocycles. The van der Waals surface area contributed by atoms with Crippen molar-refractivity contribution in [1.29, 1.82) is 0 Å². The highest BCUT2D eigenvalue weighted by molar-refractivity contribution is 6.07. The fourth-order valence-electron chi connectivity index (χ4n) is 3.88. The van der Waals surface area contributed by atoms with E-state index in [4.69, 9.17) is 4.74 Å². The predicted octanol–water partition coefficient (Wildman–Crippen LogP) is 2.25. The molecule has 2 fully saturated rings. The average molecular weight is 387 g/mol. The van der Waals surface area contributed by atoms with Crippen LogP contribution in [0.15, 0.2) is 18.2 Å². The molecule has 0 unspecified atom stereocenters. The quantitative estimate of drug-likeness (QED) is 0.786. The number of likely N-dealkylation sites (tertiary alicyclic amines) is 1. The topological polar surface area (TPSA) is 79.0 Å². The number of rotatable bonds is 5. The molecule has 4 amide bonds. The van der Waals surface area contributed by atoms with Gasteiger partial charge in [0.15, 0.2) is 6.61 Å². The molecule has 3 rings (SSSR count). The second-order valence-corrected chi connectivity index (χ2v) is 8.21. The number of nitrogens with zero attached hydrogens (tertiary/aromatic N) is 2. The van der Waals surface area contributed by atoms with Crippen LogP contribution in [0.3, 0.4) is 0 Å². The van der Waals surface area contributed by atoms with Gasteiger partial charge in [-0.1, -0.05) is 19.9 Å². The van der Waals surface area contributed by atoms with Crippen LogP contribution in [-0.2, 0) is 9.59 Å². The van der Waals surface area contributed by atoms with E-state index in [1.54, 1.807) is 9.80 Å². The Morgan fingerprint density at radius 3 is 2.46 bits per heavy atom. The first kappa shape index (κ1) is 20.2. The predicted molar refractivity (Wildman–Crippen MR) is 105 cm³/mol. The van der Waals surface area contributed by atoms with Crippen molar-refractivity contribution >= 4 is 17.8 Å². The van der Waals surface area contributed by atoms with Crippen LogP contribution in [0.5, 0.6) is 5.75 Å². The first-order valence-electron chi connectivity index (χ1n) is 9.84. The second-order valence-electron chi connectivity index (χ2n) is 8.21. The Morgan fingerprint density at radius 1 is 1.18 bits per heavy atom. The summed E-state index contributed by atoms with van der Waals surface area (Å²) in [6.07, 6.45) is 0.902. The highest BCUT2D eigenvalue weighted by atomic mass is 16.5. The molecule has 7 heteroatoms. The lowest BCUT2D eigenvalue weighted by atomic mass is 9.85. The molecule has 2 saturated heterocycles. The molecule has 2 aliphatic heterocycles. The minimum atomic E-state index is -0.826. The maximum absolute atomic E-state index is 12.6. The average Bonchev–Trinajstić information content (AvgIpc) is 2.87. The highest BCUT2D eigenvalue weighted by Crippen LogP contribution is 2.34. The lowest BCUT2D eigenvalue weighted by Crippen LogP contribution is -2.58. The van der Waals surface area contributed by atoms with E-state index in [2.05, 4.69) is 5.32 Å². The van der Waals surface area contributed by atoms with Crippen LogP contribution >= 0.6 is 0 Å². The molecule has 28 heavy (non-hydrogen) atoms. The summed E-state index contributed by atoms with van der Waals surface area (Å²) in [5.41, 5.74) is 1.47. The van der Waals surface area contributed by atoms with E-state index in [1.807, 2.05) is 45.9 Å². The summed E-state index contributed by atoms with van der Waals surface area (Å²) >= 11 is 0. The first-order chi connectivity index (χ1) is 13.2. The molecule has 2 heterocycles. The number of carbonyl (C=O) groups excluding carboxylic acids is 3. The number of benzene rings is 1. The van der Waals surface area contributed by atoms with Crippen LogP contribution in [0, 0.1) is 19.8 Å². The Hall–Kier alpha value is -2.57. The molecule has 0 radical (unpaired) electrons. The van der Waals surface area contributed by atoms with E-state index < -0.39 is 5.54 Å². The fourth-order valence-corrected chi connectivity index (χ4v) is 3.88. The number of piperidine rings is 1. The standard InChI is InChI=1S/C21H29N3O4/c1-14(2)12-24-20(27)22-19(26)21(24)7-9-23(10-8-21)18(25)13-28-17-6-5-15(3)16(4)11-17/h5-6,11,14H,7-10,12-13H2,1-4H3,(H,22,26,27). The van der Waals surface area contributed by atoms with Crippen LogP contribution in [0.2, 0.25) is 0 Å². The third-order valence-electron chi connectivity index (χ3n) is 5.74. The number of hydrogen-bond donors (Lipinski definition) is 1. The molecule has 152 valence electrons. The molecule has 0 bridgehead atoms. The molecule has 2 aliphatic rings. The maximum Gasteiger partial charge on any atom is 0.325 e. The number of carbonyl (C=O) groups is 3. The van der Waals surface area contributed by atoms with Gasteiger partial charge in [-0.05, 0) is 55.9 Å². The summed E-state index contributed by atoms with van der Waals surface area (Å²) in [6.45, 7) is 9.44. The number of nitrogens with one attached hydrogen (secondary N) is 1. The molecule has 1 N–H and O–H groups in total. The van der Waals surface area contributed by atoms with Crippen molar-refractivity contribution in [1.82, 2.24) is 15.1 Å². The molecule has 0 atom stereocenters. The Morgan fingerprint density at radius 2 is 1.86 bits per heavy atom. The largest absolute Gasteiger partial charge is 0.484 e. The Kier molecular flexibility index (Phi) is 5.63. The van der Waals surface area contributed by atoms with Gasteiger partial charge in [0.25, 0.3) is 11.8 Å². The van der Waals surface area contributed by atoms with Crippen molar-refractivity contribution in [2.75, 3.05) is 26.2 Å². The summed E-state index contributed by atoms with van der Waals surface area (Å²) in [7, 11) is 0. The van der Waals surface area contributed by atoms with Crippen molar-refractivity contribution in [3.63, 3.8) is 0 Å². The van der Waals surface area contributed by atoms with Crippen molar-refractivity contribution < 1.29 is 19.1 Å². The van der Waals surface area contributed by atoms with Gasteiger partial charge in [-0.3, -0.25) is 14.9 Å². The molecule has 1 aromatic rings. The Balaban J connectivity index is 1.59. The van der Waals surface area contributed by atoms with E-state index in [9.17, 15) is 14.4 Å². The smallest absolute Gasteiger partial charge is 0.325 e. The van der Waals surface area contributed by atoms with Gasteiger partial charge in [0.1, 0.15) is 11.3 Å². The minimum absolute atomic E-state index is 0.0314. The monoisotopic (exact) mass is 387 g/mol. The summed E-state index contributed by atoms with van der Waals surface area (Å²) in [5, 5.41) is 2.45. The SMILES string of the molecule is Cc1ccc(OCC(=O)N2CCC3(CC2)C(=O)NC(=O)N3CC(C)C)cc1C. The van der Waals surface area contributed by atoms with Gasteiger partial charge in [-0.15, -0.1) is 0 Å². The molecule has 7 nitrogen and oxygen atoms in total. The van der Waals surface area contributed by atoms with Crippen molar-refractivity contribution in [3.05, 3.63) is 29.3 Å².